The maximum Gasteiger partial charge on any atom is 0.417 e. The van der Waals surface area contributed by atoms with Crippen LogP contribution in [-0.2, 0) is 6.18 Å². The number of carbonyl (C=O) groups excluding carboxylic acids is 1. The third-order valence-electron chi connectivity index (χ3n) is 6.68. The Morgan fingerprint density at radius 3 is 2.53 bits per heavy atom. The number of carbonyl (C=O) groups is 1. The van der Waals surface area contributed by atoms with Crippen LogP contribution in [0.5, 0.6) is 0 Å². The summed E-state index contributed by atoms with van der Waals surface area (Å²) in [5.74, 6) is -2.24. The standard InChI is InChI=1S/C23H24F5N7O/c1-12-3-15-7-22(6-12,10-34(11-29)13(2)30)35(15)21(36)33-19-4-16(20-31-8-14(24)9-32-20)17(5-18(19)25)23(26,27)28/h4-5,8-9,11-12,15,29-30H,3,6-7,10H2,1-2H3,(H,33,36)/t12-,15-,22+/m0/s1. The van der Waals surface area contributed by atoms with Crippen LogP contribution in [0, 0.1) is 28.4 Å². The van der Waals surface area contributed by atoms with Gasteiger partial charge in [-0.15, -0.1) is 0 Å². The molecule has 2 amide bonds. The van der Waals surface area contributed by atoms with E-state index in [4.69, 9.17) is 10.8 Å². The van der Waals surface area contributed by atoms with Crippen LogP contribution in [0.1, 0.15) is 38.7 Å². The Hall–Kier alpha value is -3.64. The lowest BCUT2D eigenvalue weighted by atomic mass is 9.64. The first-order valence-electron chi connectivity index (χ1n) is 11.2. The highest BCUT2D eigenvalue weighted by atomic mass is 19.4. The van der Waals surface area contributed by atoms with E-state index in [1.54, 1.807) is 0 Å². The van der Waals surface area contributed by atoms with Gasteiger partial charge in [-0.3, -0.25) is 10.8 Å². The van der Waals surface area contributed by atoms with Gasteiger partial charge < -0.3 is 15.1 Å². The Balaban J connectivity index is 1.67. The number of alkyl halides is 3. The minimum atomic E-state index is -4.95. The summed E-state index contributed by atoms with van der Waals surface area (Å²) < 4.78 is 68.9. The second kappa shape index (κ2) is 9.10. The van der Waals surface area contributed by atoms with E-state index < -0.39 is 52.0 Å². The van der Waals surface area contributed by atoms with E-state index in [1.807, 2.05) is 6.92 Å². The van der Waals surface area contributed by atoms with Crippen molar-refractivity contribution in [2.75, 3.05) is 11.9 Å². The number of nitrogens with zero attached hydrogens (tertiary/aromatic N) is 4. The number of amides is 2. The van der Waals surface area contributed by atoms with Crippen molar-refractivity contribution >= 4 is 23.9 Å². The molecule has 1 saturated carbocycles. The number of piperidine rings is 1. The van der Waals surface area contributed by atoms with Gasteiger partial charge in [0.1, 0.15) is 5.82 Å². The van der Waals surface area contributed by atoms with Crippen molar-refractivity contribution in [1.29, 1.82) is 10.8 Å². The second-order valence-electron chi connectivity index (χ2n) is 9.37. The minimum absolute atomic E-state index is 0.124. The number of benzene rings is 1. The van der Waals surface area contributed by atoms with Crippen molar-refractivity contribution in [2.45, 2.75) is 50.9 Å². The molecule has 13 heteroatoms. The number of amidine groups is 1. The van der Waals surface area contributed by atoms with Gasteiger partial charge in [0.25, 0.3) is 0 Å². The predicted octanol–water partition coefficient (Wildman–Crippen LogP) is 5.12. The SMILES string of the molecule is CC(=N)N(C=N)C[C@@]12C[C@@H](C)C[C@@H](C1)N2C(=O)Nc1cc(-c2ncc(F)cn2)c(C(F)(F)F)cc1F. The lowest BCUT2D eigenvalue weighted by Crippen LogP contribution is -2.75. The Morgan fingerprint density at radius 2 is 1.94 bits per heavy atom. The maximum atomic E-state index is 14.8. The molecule has 0 unspecified atom stereocenters. The van der Waals surface area contributed by atoms with E-state index in [1.165, 1.54) is 16.7 Å². The van der Waals surface area contributed by atoms with Crippen molar-refractivity contribution in [3.63, 3.8) is 0 Å². The summed E-state index contributed by atoms with van der Waals surface area (Å²) in [5.41, 5.74) is -3.19. The van der Waals surface area contributed by atoms with Gasteiger partial charge >= 0.3 is 12.2 Å². The van der Waals surface area contributed by atoms with E-state index in [-0.39, 0.29) is 30.4 Å². The molecule has 2 aliphatic rings. The molecule has 4 rings (SSSR count). The van der Waals surface area contributed by atoms with Crippen molar-refractivity contribution < 1.29 is 26.7 Å². The third kappa shape index (κ3) is 4.61. The number of fused-ring (bicyclic) bond motifs is 2. The molecule has 1 aliphatic carbocycles. The topological polar surface area (TPSA) is 109 Å². The highest BCUT2D eigenvalue weighted by molar-refractivity contribution is 5.92. The zero-order chi connectivity index (χ0) is 26.4. The summed E-state index contributed by atoms with van der Waals surface area (Å²) in [5, 5.41) is 17.9. The summed E-state index contributed by atoms with van der Waals surface area (Å²) in [7, 11) is 0. The number of hydrogen-bond donors (Lipinski definition) is 3. The van der Waals surface area contributed by atoms with Crippen LogP contribution in [-0.4, -0.2) is 56.1 Å². The van der Waals surface area contributed by atoms with E-state index in [9.17, 15) is 26.7 Å². The number of nitrogens with one attached hydrogen (secondary N) is 3. The molecule has 2 heterocycles. The maximum absolute atomic E-state index is 14.8. The average molecular weight is 509 g/mol. The number of likely N-dealkylation sites (tertiary alicyclic amines) is 1. The second-order valence-corrected chi connectivity index (χ2v) is 9.37. The fourth-order valence-corrected chi connectivity index (χ4v) is 5.35. The Labute approximate surface area is 203 Å². The molecule has 8 nitrogen and oxygen atoms in total. The average Bonchev–Trinajstić information content (AvgIpc) is 2.77. The van der Waals surface area contributed by atoms with Gasteiger partial charge in [-0.2, -0.15) is 13.2 Å². The molecule has 1 aliphatic heterocycles. The fourth-order valence-electron chi connectivity index (χ4n) is 5.35. The zero-order valence-electron chi connectivity index (χ0n) is 19.5. The van der Waals surface area contributed by atoms with Crippen molar-refractivity contribution in [1.82, 2.24) is 19.8 Å². The van der Waals surface area contributed by atoms with Gasteiger partial charge in [-0.05, 0) is 44.2 Å². The monoisotopic (exact) mass is 509 g/mol. The normalized spacial score (nSPS) is 23.0. The molecule has 192 valence electrons. The largest absolute Gasteiger partial charge is 0.417 e. The van der Waals surface area contributed by atoms with Crippen LogP contribution in [0.25, 0.3) is 11.4 Å². The van der Waals surface area contributed by atoms with E-state index in [0.29, 0.717) is 31.7 Å². The van der Waals surface area contributed by atoms with E-state index >= 15 is 0 Å². The van der Waals surface area contributed by atoms with E-state index in [2.05, 4.69) is 15.3 Å². The number of anilines is 1. The molecular weight excluding hydrogens is 485 g/mol. The molecular formula is C23H24F5N7O. The number of rotatable bonds is 5. The smallest absolute Gasteiger partial charge is 0.320 e. The van der Waals surface area contributed by atoms with Crippen molar-refractivity contribution in [3.05, 3.63) is 41.7 Å². The van der Waals surface area contributed by atoms with Gasteiger partial charge in [-0.1, -0.05) is 6.92 Å². The Bertz CT molecular complexity index is 1200. The van der Waals surface area contributed by atoms with Crippen LogP contribution in [0.4, 0.5) is 32.4 Å². The Morgan fingerprint density at radius 1 is 1.28 bits per heavy atom. The number of urea groups is 1. The lowest BCUT2D eigenvalue weighted by Gasteiger charge is -2.64. The van der Waals surface area contributed by atoms with Crippen LogP contribution >= 0.6 is 0 Å². The summed E-state index contributed by atoms with van der Waals surface area (Å²) in [6.07, 6.45) is -0.637. The van der Waals surface area contributed by atoms with Gasteiger partial charge in [-0.25, -0.2) is 23.5 Å². The van der Waals surface area contributed by atoms with Crippen LogP contribution in [0.15, 0.2) is 24.5 Å². The third-order valence-corrected chi connectivity index (χ3v) is 6.68. The first kappa shape index (κ1) is 25.5. The molecule has 1 aromatic carbocycles. The molecule has 2 aromatic rings. The molecule has 1 aromatic heterocycles. The van der Waals surface area contributed by atoms with Crippen molar-refractivity contribution in [2.24, 2.45) is 5.92 Å². The van der Waals surface area contributed by atoms with Gasteiger partial charge in [0, 0.05) is 18.2 Å². The lowest BCUT2D eigenvalue weighted by molar-refractivity contribution is -0.137. The van der Waals surface area contributed by atoms with Gasteiger partial charge in [0.05, 0.1) is 41.4 Å². The first-order valence-corrected chi connectivity index (χ1v) is 11.2. The Kier molecular flexibility index (Phi) is 6.43. The number of aromatic nitrogens is 2. The number of hydrogen-bond acceptors (Lipinski definition) is 5. The molecule has 0 spiro atoms. The predicted molar refractivity (Wildman–Crippen MR) is 122 cm³/mol. The first-order chi connectivity index (χ1) is 16.8. The summed E-state index contributed by atoms with van der Waals surface area (Å²) in [4.78, 5) is 23.4. The van der Waals surface area contributed by atoms with Crippen molar-refractivity contribution in [3.8, 4) is 11.4 Å². The molecule has 3 N–H and O–H groups in total. The summed E-state index contributed by atoms with van der Waals surface area (Å²) >= 11 is 0. The summed E-state index contributed by atoms with van der Waals surface area (Å²) in [6.45, 7) is 3.75. The molecule has 3 atom stereocenters. The fraction of sp³-hybridized carbons (Fsp3) is 0.435. The molecule has 1 saturated heterocycles. The number of halogens is 5. The summed E-state index contributed by atoms with van der Waals surface area (Å²) in [6, 6.07) is 0.182. The van der Waals surface area contributed by atoms with Crippen LogP contribution in [0.3, 0.4) is 0 Å². The van der Waals surface area contributed by atoms with Crippen LogP contribution < -0.4 is 5.32 Å². The minimum Gasteiger partial charge on any atom is -0.320 e. The zero-order valence-corrected chi connectivity index (χ0v) is 19.5. The molecule has 36 heavy (non-hydrogen) atoms. The quantitative estimate of drug-likeness (QED) is 0.295. The highest BCUT2D eigenvalue weighted by Crippen LogP contribution is 2.50. The molecule has 0 radical (unpaired) electrons. The van der Waals surface area contributed by atoms with E-state index in [0.717, 1.165) is 12.4 Å². The van der Waals surface area contributed by atoms with Gasteiger partial charge in [0.15, 0.2) is 11.6 Å². The molecule has 2 fully saturated rings. The van der Waals surface area contributed by atoms with Gasteiger partial charge in [0.2, 0.25) is 0 Å². The van der Waals surface area contributed by atoms with Crippen LogP contribution in [0.2, 0.25) is 0 Å². The highest BCUT2D eigenvalue weighted by Gasteiger charge is 2.58. The molecule has 2 bridgehead atoms.